The molecule has 0 amide bonds. The summed E-state index contributed by atoms with van der Waals surface area (Å²) in [6.45, 7) is 0.267. The minimum absolute atomic E-state index is 0.218. The molecule has 0 saturated heterocycles. The summed E-state index contributed by atoms with van der Waals surface area (Å²) in [6.07, 6.45) is 6.19. The van der Waals surface area contributed by atoms with E-state index in [2.05, 4.69) is 10.1 Å². The lowest BCUT2D eigenvalue weighted by atomic mass is 9.96. The van der Waals surface area contributed by atoms with Crippen molar-refractivity contribution in [1.82, 2.24) is 14.8 Å². The van der Waals surface area contributed by atoms with Crippen LogP contribution < -0.4 is 0 Å². The summed E-state index contributed by atoms with van der Waals surface area (Å²) in [6, 6.07) is 8.29. The summed E-state index contributed by atoms with van der Waals surface area (Å²) >= 11 is 0. The lowest BCUT2D eigenvalue weighted by molar-refractivity contribution is -0.0427. The molecule has 7 nitrogen and oxygen atoms in total. The molecule has 2 heterocycles. The maximum Gasteiger partial charge on any atom is 0.335 e. The molecule has 0 spiro atoms. The number of hydrogen-bond acceptors (Lipinski definition) is 5. The van der Waals surface area contributed by atoms with Gasteiger partial charge in [-0.25, -0.2) is 14.5 Å². The highest BCUT2D eigenvalue weighted by molar-refractivity contribution is 5.87. The number of aromatic carboxylic acids is 1. The molecule has 1 aromatic carbocycles. The molecule has 1 atom stereocenters. The number of benzene rings is 1. The van der Waals surface area contributed by atoms with E-state index in [0.29, 0.717) is 11.2 Å². The van der Waals surface area contributed by atoms with E-state index < -0.39 is 12.1 Å². The molecule has 0 aliphatic heterocycles. The van der Waals surface area contributed by atoms with Gasteiger partial charge in [0, 0.05) is 17.1 Å². The van der Waals surface area contributed by atoms with Crippen LogP contribution in [0.5, 0.6) is 0 Å². The van der Waals surface area contributed by atoms with E-state index in [0.717, 1.165) is 23.9 Å². The van der Waals surface area contributed by atoms with E-state index in [4.69, 9.17) is 9.84 Å². The van der Waals surface area contributed by atoms with Crippen molar-refractivity contribution in [2.24, 2.45) is 0 Å². The van der Waals surface area contributed by atoms with Crippen LogP contribution in [-0.2, 0) is 4.74 Å². The third kappa shape index (κ3) is 3.18. The molecule has 7 heteroatoms. The second-order valence-electron chi connectivity index (χ2n) is 6.49. The number of rotatable bonds is 6. The first-order chi connectivity index (χ1) is 12.6. The minimum atomic E-state index is -0.970. The zero-order valence-corrected chi connectivity index (χ0v) is 14.1. The molecule has 2 aromatic heterocycles. The SMILES string of the molecule is O=C(O)c1ccc(-n2ncc3cc([C@H](O)COC4CCC4)cnc32)cc1. The summed E-state index contributed by atoms with van der Waals surface area (Å²) in [5, 5.41) is 24.4. The zero-order valence-electron chi connectivity index (χ0n) is 14.1. The third-order valence-electron chi connectivity index (χ3n) is 4.71. The number of aliphatic hydroxyl groups is 1. The topological polar surface area (TPSA) is 97.5 Å². The average molecular weight is 353 g/mol. The van der Waals surface area contributed by atoms with Crippen molar-refractivity contribution in [2.75, 3.05) is 6.61 Å². The van der Waals surface area contributed by atoms with Crippen molar-refractivity contribution < 1.29 is 19.7 Å². The Morgan fingerprint density at radius 3 is 2.69 bits per heavy atom. The molecule has 0 bridgehead atoms. The standard InChI is InChI=1S/C19H19N3O4/c23-17(11-26-16-2-1-3-16)13-8-14-10-21-22(18(14)20-9-13)15-6-4-12(5-7-15)19(24)25/h4-10,16-17,23H,1-3,11H2,(H,24,25)/t17-/m1/s1. The van der Waals surface area contributed by atoms with E-state index in [1.807, 2.05) is 6.07 Å². The van der Waals surface area contributed by atoms with Gasteiger partial charge in [-0.2, -0.15) is 5.10 Å². The Kier molecular flexibility index (Phi) is 4.40. The molecule has 2 N–H and O–H groups in total. The van der Waals surface area contributed by atoms with Gasteiger partial charge in [-0.15, -0.1) is 0 Å². The quantitative estimate of drug-likeness (QED) is 0.707. The van der Waals surface area contributed by atoms with Gasteiger partial charge in [-0.3, -0.25) is 0 Å². The smallest absolute Gasteiger partial charge is 0.335 e. The third-order valence-corrected chi connectivity index (χ3v) is 4.71. The Morgan fingerprint density at radius 2 is 2.04 bits per heavy atom. The number of ether oxygens (including phenoxy) is 1. The summed E-state index contributed by atoms with van der Waals surface area (Å²) in [5.74, 6) is -0.970. The Labute approximate surface area is 149 Å². The van der Waals surface area contributed by atoms with Crippen LogP contribution in [0.1, 0.15) is 41.3 Å². The van der Waals surface area contributed by atoms with E-state index in [9.17, 15) is 9.90 Å². The highest BCUT2D eigenvalue weighted by atomic mass is 16.5. The first-order valence-corrected chi connectivity index (χ1v) is 8.59. The predicted octanol–water partition coefficient (Wildman–Crippen LogP) is 2.72. The second kappa shape index (κ2) is 6.86. The van der Waals surface area contributed by atoms with Gasteiger partial charge >= 0.3 is 5.97 Å². The van der Waals surface area contributed by atoms with Crippen LogP contribution in [0.2, 0.25) is 0 Å². The van der Waals surface area contributed by atoms with Gasteiger partial charge in [-0.05, 0) is 49.6 Å². The maximum absolute atomic E-state index is 11.0. The van der Waals surface area contributed by atoms with Gasteiger partial charge in [0.25, 0.3) is 0 Å². The lowest BCUT2D eigenvalue weighted by Crippen LogP contribution is -2.24. The molecule has 0 unspecified atom stereocenters. The molecule has 1 aliphatic carbocycles. The van der Waals surface area contributed by atoms with Crippen molar-refractivity contribution in [2.45, 2.75) is 31.5 Å². The Morgan fingerprint density at radius 1 is 1.27 bits per heavy atom. The normalized spacial score (nSPS) is 15.7. The highest BCUT2D eigenvalue weighted by Crippen LogP contribution is 2.25. The summed E-state index contributed by atoms with van der Waals surface area (Å²) < 4.78 is 7.31. The van der Waals surface area contributed by atoms with Crippen molar-refractivity contribution in [3.05, 3.63) is 53.9 Å². The van der Waals surface area contributed by atoms with E-state index in [1.165, 1.54) is 18.6 Å². The van der Waals surface area contributed by atoms with Gasteiger partial charge in [0.1, 0.15) is 6.10 Å². The Hall–Kier alpha value is -2.77. The Balaban J connectivity index is 1.55. The number of aromatic nitrogens is 3. The van der Waals surface area contributed by atoms with E-state index in [1.54, 1.807) is 29.2 Å². The van der Waals surface area contributed by atoms with Crippen molar-refractivity contribution in [3.8, 4) is 5.69 Å². The minimum Gasteiger partial charge on any atom is -0.478 e. The number of carboxylic acid groups (broad SMARTS) is 1. The molecule has 4 rings (SSSR count). The maximum atomic E-state index is 11.0. The van der Waals surface area contributed by atoms with Crippen LogP contribution in [-0.4, -0.2) is 43.7 Å². The monoisotopic (exact) mass is 353 g/mol. The molecule has 3 aromatic rings. The summed E-state index contributed by atoms with van der Waals surface area (Å²) in [4.78, 5) is 15.4. The largest absolute Gasteiger partial charge is 0.478 e. The molecule has 134 valence electrons. The molecule has 1 aliphatic rings. The van der Waals surface area contributed by atoms with Crippen molar-refractivity contribution in [3.63, 3.8) is 0 Å². The molecular formula is C19H19N3O4. The number of pyridine rings is 1. The molecule has 0 radical (unpaired) electrons. The number of fused-ring (bicyclic) bond motifs is 1. The number of nitrogens with zero attached hydrogens (tertiary/aromatic N) is 3. The number of aliphatic hydroxyl groups excluding tert-OH is 1. The van der Waals surface area contributed by atoms with Crippen LogP contribution >= 0.6 is 0 Å². The van der Waals surface area contributed by atoms with Gasteiger partial charge in [0.15, 0.2) is 5.65 Å². The molecule has 1 fully saturated rings. The number of carboxylic acids is 1. The van der Waals surface area contributed by atoms with E-state index >= 15 is 0 Å². The van der Waals surface area contributed by atoms with Crippen molar-refractivity contribution >= 4 is 17.0 Å². The first-order valence-electron chi connectivity index (χ1n) is 8.59. The summed E-state index contributed by atoms with van der Waals surface area (Å²) in [7, 11) is 0. The van der Waals surface area contributed by atoms with Crippen molar-refractivity contribution in [1.29, 1.82) is 0 Å². The average Bonchev–Trinajstić information content (AvgIpc) is 3.03. The highest BCUT2D eigenvalue weighted by Gasteiger charge is 2.20. The lowest BCUT2D eigenvalue weighted by Gasteiger charge is -2.26. The van der Waals surface area contributed by atoms with Crippen LogP contribution in [0.4, 0.5) is 0 Å². The fourth-order valence-corrected chi connectivity index (χ4v) is 2.92. The second-order valence-corrected chi connectivity index (χ2v) is 6.49. The number of carbonyl (C=O) groups is 1. The van der Waals surface area contributed by atoms with Gasteiger partial charge in [0.05, 0.1) is 30.2 Å². The van der Waals surface area contributed by atoms with Gasteiger partial charge < -0.3 is 14.9 Å². The number of hydrogen-bond donors (Lipinski definition) is 2. The predicted molar refractivity (Wildman–Crippen MR) is 94.4 cm³/mol. The van der Waals surface area contributed by atoms with Gasteiger partial charge in [0.2, 0.25) is 0 Å². The van der Waals surface area contributed by atoms with Crippen LogP contribution in [0.3, 0.4) is 0 Å². The molecular weight excluding hydrogens is 334 g/mol. The summed E-state index contributed by atoms with van der Waals surface area (Å²) in [5.41, 5.74) is 2.27. The molecule has 26 heavy (non-hydrogen) atoms. The van der Waals surface area contributed by atoms with Gasteiger partial charge in [-0.1, -0.05) is 0 Å². The first kappa shape index (κ1) is 16.7. The Bertz CT molecular complexity index is 932. The molecule has 1 saturated carbocycles. The fraction of sp³-hybridized carbons (Fsp3) is 0.316. The fourth-order valence-electron chi connectivity index (χ4n) is 2.92. The van der Waals surface area contributed by atoms with E-state index in [-0.39, 0.29) is 18.3 Å². The van der Waals surface area contributed by atoms with Crippen LogP contribution in [0, 0.1) is 0 Å². The van der Waals surface area contributed by atoms with Crippen LogP contribution in [0.15, 0.2) is 42.7 Å². The zero-order chi connectivity index (χ0) is 18.1. The van der Waals surface area contributed by atoms with Crippen LogP contribution in [0.25, 0.3) is 16.7 Å².